The summed E-state index contributed by atoms with van der Waals surface area (Å²) in [5, 5.41) is 14.7. The SMILES string of the molecule is [2H]c1c(-c2ccc(C(=N)[15NH2])cn2)oc(-c2ccc(C(=N)[15NH2])cn2)c1[2H]. The molecule has 0 spiro atoms. The van der Waals surface area contributed by atoms with E-state index in [1.807, 2.05) is 0 Å². The molecule has 0 atom stereocenters. The number of pyridine rings is 2. The molecule has 0 amide bonds. The molecule has 23 heavy (non-hydrogen) atoms. The molecule has 0 aliphatic rings. The normalized spacial score (nSPS) is 11.7. The van der Waals surface area contributed by atoms with Crippen LogP contribution in [0.3, 0.4) is 0 Å². The molecule has 0 unspecified atom stereocenters. The minimum Gasteiger partial charge on any atom is -0.453 e. The van der Waals surface area contributed by atoms with E-state index in [9.17, 15) is 0 Å². The van der Waals surface area contributed by atoms with Gasteiger partial charge in [0.15, 0.2) is 11.5 Å². The summed E-state index contributed by atoms with van der Waals surface area (Å²) in [6.07, 6.45) is 2.81. The standard InChI is InChI=1S/C16H14N6O/c17-15(18)9-1-3-11(21-7-9)13-5-6-14(23-13)12-4-2-10(8-22-12)16(19)20/h1-8H,(H3,17,18)(H3,19,20)/i5D,6D,17+1,19+1. The Morgan fingerprint density at radius 3 is 1.61 bits per heavy atom. The van der Waals surface area contributed by atoms with Gasteiger partial charge in [0.25, 0.3) is 0 Å². The van der Waals surface area contributed by atoms with Gasteiger partial charge in [0.05, 0.1) is 2.74 Å². The molecule has 0 aliphatic carbocycles. The summed E-state index contributed by atoms with van der Waals surface area (Å²) in [6, 6.07) is 6.10. The highest BCUT2D eigenvalue weighted by Gasteiger charge is 2.10. The van der Waals surface area contributed by atoms with Crippen LogP contribution in [0.2, 0.25) is 0 Å². The fourth-order valence-electron chi connectivity index (χ4n) is 1.87. The topological polar surface area (TPSA) is 139 Å². The van der Waals surface area contributed by atoms with Crippen LogP contribution < -0.4 is 11.5 Å². The van der Waals surface area contributed by atoms with Gasteiger partial charge in [-0.15, -0.1) is 0 Å². The largest absolute Gasteiger partial charge is 0.453 e. The molecule has 0 aromatic carbocycles. The van der Waals surface area contributed by atoms with Crippen molar-refractivity contribution in [2.24, 2.45) is 11.5 Å². The molecule has 7 heteroatoms. The van der Waals surface area contributed by atoms with Gasteiger partial charge in [-0.1, -0.05) is 0 Å². The third kappa shape index (κ3) is 2.93. The van der Waals surface area contributed by atoms with Crippen LogP contribution in [0.1, 0.15) is 13.9 Å². The molecule has 0 fully saturated rings. The fourth-order valence-corrected chi connectivity index (χ4v) is 1.87. The van der Waals surface area contributed by atoms with Crippen LogP contribution in [-0.4, -0.2) is 21.6 Å². The Bertz CT molecular complexity index is 886. The Labute approximate surface area is 134 Å². The highest BCUT2D eigenvalue weighted by molar-refractivity contribution is 5.95. The first-order chi connectivity index (χ1) is 11.9. The highest BCUT2D eigenvalue weighted by Crippen LogP contribution is 2.26. The van der Waals surface area contributed by atoms with Crippen molar-refractivity contribution in [3.63, 3.8) is 0 Å². The van der Waals surface area contributed by atoms with E-state index >= 15 is 0 Å². The molecule has 0 saturated heterocycles. The molecular weight excluding hydrogens is 294 g/mol. The van der Waals surface area contributed by atoms with Gasteiger partial charge in [0.2, 0.25) is 0 Å². The van der Waals surface area contributed by atoms with E-state index in [1.165, 1.54) is 12.4 Å². The van der Waals surface area contributed by atoms with Crippen molar-refractivity contribution in [1.29, 1.82) is 10.8 Å². The first-order valence-corrected chi connectivity index (χ1v) is 6.60. The molecule has 3 aromatic rings. The molecule has 7 nitrogen and oxygen atoms in total. The summed E-state index contributed by atoms with van der Waals surface area (Å²) in [4.78, 5) is 8.27. The van der Waals surface area contributed by atoms with E-state index in [0.717, 1.165) is 0 Å². The van der Waals surface area contributed by atoms with Gasteiger partial charge in [-0.25, -0.2) is 0 Å². The smallest absolute Gasteiger partial charge is 0.153 e. The van der Waals surface area contributed by atoms with E-state index in [2.05, 4.69) is 9.97 Å². The summed E-state index contributed by atoms with van der Waals surface area (Å²) in [5.74, 6) is 0.0440. The van der Waals surface area contributed by atoms with Crippen LogP contribution in [0, 0.1) is 10.8 Å². The zero-order valence-corrected chi connectivity index (χ0v) is 11.9. The maximum absolute atomic E-state index is 8.08. The van der Waals surface area contributed by atoms with Gasteiger partial charge in [0, 0.05) is 23.5 Å². The number of hydrogen-bond donors (Lipinski definition) is 4. The molecule has 6 N–H and O–H groups in total. The summed E-state index contributed by atoms with van der Waals surface area (Å²) >= 11 is 0. The van der Waals surface area contributed by atoms with Crippen LogP contribution >= 0.6 is 0 Å². The lowest BCUT2D eigenvalue weighted by Crippen LogP contribution is -2.11. The number of furan rings is 1. The predicted molar refractivity (Wildman–Crippen MR) is 87.2 cm³/mol. The van der Waals surface area contributed by atoms with Gasteiger partial charge in [0.1, 0.15) is 23.1 Å². The van der Waals surface area contributed by atoms with E-state index in [4.69, 9.17) is 29.4 Å². The van der Waals surface area contributed by atoms with Gasteiger partial charge < -0.3 is 15.9 Å². The van der Waals surface area contributed by atoms with Crippen molar-refractivity contribution in [1.82, 2.24) is 9.97 Å². The van der Waals surface area contributed by atoms with Crippen molar-refractivity contribution in [3.05, 3.63) is 59.9 Å². The van der Waals surface area contributed by atoms with Crippen LogP contribution in [0.4, 0.5) is 0 Å². The summed E-state index contributed by atoms with van der Waals surface area (Å²) in [6.45, 7) is 0. The maximum Gasteiger partial charge on any atom is 0.153 e. The molecule has 3 rings (SSSR count). The molecule has 3 heterocycles. The minimum absolute atomic E-state index is 0.110. The van der Waals surface area contributed by atoms with Crippen molar-refractivity contribution < 1.29 is 7.16 Å². The Morgan fingerprint density at radius 2 is 1.30 bits per heavy atom. The van der Waals surface area contributed by atoms with Crippen LogP contribution in [-0.2, 0) is 0 Å². The summed E-state index contributed by atoms with van der Waals surface area (Å²) < 4.78 is 21.8. The summed E-state index contributed by atoms with van der Waals surface area (Å²) in [7, 11) is 0. The third-order valence-corrected chi connectivity index (χ3v) is 3.11. The Hall–Kier alpha value is -3.48. The Kier molecular flexibility index (Phi) is 3.01. The average Bonchev–Trinajstić information content (AvgIpc) is 2.90. The molecule has 114 valence electrons. The monoisotopic (exact) mass is 310 g/mol. The first kappa shape index (κ1) is 12.1. The van der Waals surface area contributed by atoms with Gasteiger partial charge in [-0.2, -0.15) is 0 Å². The number of aromatic nitrogens is 2. The molecule has 0 bridgehead atoms. The third-order valence-electron chi connectivity index (χ3n) is 3.11. The average molecular weight is 310 g/mol. The molecule has 3 aromatic heterocycles. The molecule has 0 aliphatic heterocycles. The van der Waals surface area contributed by atoms with E-state index in [0.29, 0.717) is 22.5 Å². The molecule has 0 saturated carbocycles. The van der Waals surface area contributed by atoms with Crippen LogP contribution in [0.5, 0.6) is 0 Å². The van der Waals surface area contributed by atoms with Crippen LogP contribution in [0.25, 0.3) is 22.9 Å². The van der Waals surface area contributed by atoms with Crippen molar-refractivity contribution in [2.45, 2.75) is 0 Å². The second-order valence-electron chi connectivity index (χ2n) is 4.70. The van der Waals surface area contributed by atoms with Crippen molar-refractivity contribution >= 4 is 11.7 Å². The fraction of sp³-hybridized carbons (Fsp3) is 0. The number of nitrogens with one attached hydrogen (secondary N) is 2. The van der Waals surface area contributed by atoms with Crippen LogP contribution in [0.15, 0.2) is 53.2 Å². The van der Waals surface area contributed by atoms with Gasteiger partial charge in [-0.3, -0.25) is 20.8 Å². The lowest BCUT2D eigenvalue weighted by atomic mass is 10.2. The van der Waals surface area contributed by atoms with Gasteiger partial charge in [-0.05, 0) is 36.4 Å². The zero-order chi connectivity index (χ0) is 18.1. The van der Waals surface area contributed by atoms with Crippen molar-refractivity contribution in [2.75, 3.05) is 0 Å². The second kappa shape index (κ2) is 5.72. The Balaban J connectivity index is 2.02. The van der Waals surface area contributed by atoms with E-state index in [-0.39, 0.29) is 35.3 Å². The summed E-state index contributed by atoms with van der Waals surface area (Å²) in [5.41, 5.74) is 12.4. The zero-order valence-electron chi connectivity index (χ0n) is 13.9. The predicted octanol–water partition coefficient (Wildman–Crippen LogP) is 1.97. The number of rotatable bonds is 4. The number of nitrogens with zero attached hydrogens (tertiary/aromatic N) is 2. The molecule has 0 radical (unpaired) electrons. The number of hydrogen-bond acceptors (Lipinski definition) is 5. The van der Waals surface area contributed by atoms with Crippen molar-refractivity contribution in [3.8, 4) is 22.9 Å². The van der Waals surface area contributed by atoms with E-state index < -0.39 is 0 Å². The van der Waals surface area contributed by atoms with Gasteiger partial charge >= 0.3 is 0 Å². The second-order valence-corrected chi connectivity index (χ2v) is 4.70. The van der Waals surface area contributed by atoms with E-state index in [1.54, 1.807) is 24.3 Å². The quantitative estimate of drug-likeness (QED) is 0.331. The lowest BCUT2D eigenvalue weighted by Gasteiger charge is -2.01. The minimum atomic E-state index is -0.115. The number of nitrogens with two attached hydrogens (primary N) is 2. The number of amidine groups is 2. The first-order valence-electron chi connectivity index (χ1n) is 7.60. The molecular formula is C16H14N6O. The lowest BCUT2D eigenvalue weighted by molar-refractivity contribution is 0.592. The Morgan fingerprint density at radius 1 is 0.870 bits per heavy atom. The maximum atomic E-state index is 8.08. The number of nitrogen functional groups attached to an aromatic ring is 2. The highest BCUT2D eigenvalue weighted by atomic mass is 16.3.